The highest BCUT2D eigenvalue weighted by atomic mass is 35.5. The van der Waals surface area contributed by atoms with Gasteiger partial charge in [0, 0.05) is 12.1 Å². The molecule has 1 heterocycles. The van der Waals surface area contributed by atoms with Crippen LogP contribution in [0.1, 0.15) is 44.4 Å². The average Bonchev–Trinajstić information content (AvgIpc) is 2.99. The molecule has 1 aliphatic heterocycles. The van der Waals surface area contributed by atoms with Gasteiger partial charge in [-0.1, -0.05) is 38.4 Å². The molecule has 31 heavy (non-hydrogen) atoms. The Kier molecular flexibility index (Phi) is 6.91. The van der Waals surface area contributed by atoms with Gasteiger partial charge in [-0.15, -0.1) is 0 Å². The number of benzene rings is 2. The molecule has 0 aliphatic carbocycles. The quantitative estimate of drug-likeness (QED) is 0.360. The first-order chi connectivity index (χ1) is 14.7. The number of carbonyl (C=O) groups excluding carboxylic acids is 2. The molecule has 7 heteroatoms. The van der Waals surface area contributed by atoms with Crippen LogP contribution in [0.25, 0.3) is 5.76 Å². The number of Topliss-reactive ketones (excluding diaryl/α,β-unsaturated/α-hetero) is 1. The van der Waals surface area contributed by atoms with Crippen molar-refractivity contribution in [1.29, 1.82) is 0 Å². The summed E-state index contributed by atoms with van der Waals surface area (Å²) in [7, 11) is 0. The van der Waals surface area contributed by atoms with Crippen molar-refractivity contribution in [2.45, 2.75) is 33.2 Å². The van der Waals surface area contributed by atoms with Gasteiger partial charge in [-0.05, 0) is 54.3 Å². The van der Waals surface area contributed by atoms with Gasteiger partial charge in [0.15, 0.2) is 0 Å². The molecule has 3 rings (SSSR count). The van der Waals surface area contributed by atoms with Crippen molar-refractivity contribution in [2.24, 2.45) is 5.92 Å². The molecule has 0 bridgehead atoms. The highest BCUT2D eigenvalue weighted by Crippen LogP contribution is 2.41. The van der Waals surface area contributed by atoms with Crippen LogP contribution in [0.5, 0.6) is 11.5 Å². The number of hydrogen-bond donors (Lipinski definition) is 2. The Labute approximate surface area is 186 Å². The van der Waals surface area contributed by atoms with Crippen LogP contribution in [0.4, 0.5) is 0 Å². The van der Waals surface area contributed by atoms with E-state index in [2.05, 4.69) is 0 Å². The second-order valence-electron chi connectivity index (χ2n) is 7.93. The SMILES string of the molecule is CCCN1C(=O)C(=O)/C(=C(\O)c2ccc(OCC(C)C)cc2)C1c1ccc(O)c(Cl)c1. The zero-order valence-electron chi connectivity index (χ0n) is 17.8. The third-order valence-electron chi connectivity index (χ3n) is 5.00. The standard InChI is InChI=1S/C24H26ClNO5/c1-4-11-26-21(16-7-10-19(27)18(25)12-16)20(23(29)24(26)30)22(28)15-5-8-17(9-6-15)31-13-14(2)3/h5-10,12,14,21,27-28H,4,11,13H2,1-3H3/b22-20-. The first-order valence-electron chi connectivity index (χ1n) is 10.2. The van der Waals surface area contributed by atoms with Crippen LogP contribution in [0.2, 0.25) is 5.02 Å². The fraction of sp³-hybridized carbons (Fsp3) is 0.333. The predicted molar refractivity (Wildman–Crippen MR) is 119 cm³/mol. The number of aromatic hydroxyl groups is 1. The molecule has 2 aromatic rings. The third kappa shape index (κ3) is 4.69. The van der Waals surface area contributed by atoms with Crippen LogP contribution < -0.4 is 4.74 Å². The Morgan fingerprint density at radius 1 is 1.16 bits per heavy atom. The molecule has 6 nitrogen and oxygen atoms in total. The van der Waals surface area contributed by atoms with Gasteiger partial charge in [0.1, 0.15) is 17.3 Å². The summed E-state index contributed by atoms with van der Waals surface area (Å²) < 4.78 is 5.66. The number of phenolic OH excluding ortho intramolecular Hbond substituents is 1. The van der Waals surface area contributed by atoms with E-state index in [1.165, 1.54) is 17.0 Å². The molecule has 1 fully saturated rings. The fourth-order valence-electron chi connectivity index (χ4n) is 3.52. The number of likely N-dealkylation sites (tertiary alicyclic amines) is 1. The number of ether oxygens (including phenoxy) is 1. The van der Waals surface area contributed by atoms with Crippen molar-refractivity contribution in [1.82, 2.24) is 4.90 Å². The average molecular weight is 444 g/mol. The number of nitrogens with zero attached hydrogens (tertiary/aromatic N) is 1. The molecule has 0 aromatic heterocycles. The molecule has 1 saturated heterocycles. The summed E-state index contributed by atoms with van der Waals surface area (Å²) in [5.74, 6) is -0.760. The molecule has 2 aromatic carbocycles. The maximum atomic E-state index is 12.9. The van der Waals surface area contributed by atoms with E-state index in [0.717, 1.165) is 0 Å². The lowest BCUT2D eigenvalue weighted by Crippen LogP contribution is -2.30. The lowest BCUT2D eigenvalue weighted by Gasteiger charge is -2.25. The Morgan fingerprint density at radius 2 is 1.84 bits per heavy atom. The van der Waals surface area contributed by atoms with Crippen molar-refractivity contribution in [3.8, 4) is 11.5 Å². The minimum Gasteiger partial charge on any atom is -0.507 e. The Bertz CT molecular complexity index is 1010. The number of carbonyl (C=O) groups is 2. The van der Waals surface area contributed by atoms with E-state index in [0.29, 0.717) is 42.4 Å². The fourth-order valence-corrected chi connectivity index (χ4v) is 3.71. The largest absolute Gasteiger partial charge is 0.507 e. The van der Waals surface area contributed by atoms with Crippen molar-refractivity contribution in [3.63, 3.8) is 0 Å². The first-order valence-corrected chi connectivity index (χ1v) is 10.6. The summed E-state index contributed by atoms with van der Waals surface area (Å²) >= 11 is 6.07. The summed E-state index contributed by atoms with van der Waals surface area (Å²) in [5.41, 5.74) is 0.936. The van der Waals surface area contributed by atoms with Crippen LogP contribution in [-0.4, -0.2) is 40.0 Å². The van der Waals surface area contributed by atoms with E-state index in [9.17, 15) is 19.8 Å². The van der Waals surface area contributed by atoms with E-state index >= 15 is 0 Å². The zero-order chi connectivity index (χ0) is 22.7. The molecular formula is C24H26ClNO5. The highest BCUT2D eigenvalue weighted by Gasteiger charge is 2.45. The summed E-state index contributed by atoms with van der Waals surface area (Å²) in [6.07, 6.45) is 0.636. The highest BCUT2D eigenvalue weighted by molar-refractivity contribution is 6.46. The number of aliphatic hydroxyl groups excluding tert-OH is 1. The summed E-state index contributed by atoms with van der Waals surface area (Å²) in [5, 5.41) is 20.9. The molecule has 1 amide bonds. The predicted octanol–water partition coefficient (Wildman–Crippen LogP) is 4.91. The normalized spacial score (nSPS) is 18.1. The molecule has 1 atom stereocenters. The van der Waals surface area contributed by atoms with Crippen LogP contribution in [0.15, 0.2) is 48.0 Å². The maximum Gasteiger partial charge on any atom is 0.295 e. The van der Waals surface area contributed by atoms with Crippen LogP contribution in [0.3, 0.4) is 0 Å². The molecule has 2 N–H and O–H groups in total. The molecule has 164 valence electrons. The molecule has 0 spiro atoms. The molecular weight excluding hydrogens is 418 g/mol. The van der Waals surface area contributed by atoms with E-state index in [-0.39, 0.29) is 22.1 Å². The van der Waals surface area contributed by atoms with Gasteiger partial charge >= 0.3 is 0 Å². The van der Waals surface area contributed by atoms with Crippen LogP contribution >= 0.6 is 11.6 Å². The van der Waals surface area contributed by atoms with Gasteiger partial charge < -0.3 is 19.8 Å². The monoisotopic (exact) mass is 443 g/mol. The minimum atomic E-state index is -0.796. The second kappa shape index (κ2) is 9.43. The number of hydrogen-bond acceptors (Lipinski definition) is 5. The first kappa shape index (κ1) is 22.7. The summed E-state index contributed by atoms with van der Waals surface area (Å²) in [4.78, 5) is 27.0. The van der Waals surface area contributed by atoms with E-state index in [1.54, 1.807) is 30.3 Å². The minimum absolute atomic E-state index is 0.00365. The van der Waals surface area contributed by atoms with Crippen molar-refractivity contribution >= 4 is 29.1 Å². The number of halogens is 1. The van der Waals surface area contributed by atoms with Crippen molar-refractivity contribution < 1.29 is 24.5 Å². The molecule has 0 saturated carbocycles. The third-order valence-corrected chi connectivity index (χ3v) is 5.31. The van der Waals surface area contributed by atoms with Gasteiger partial charge in [-0.25, -0.2) is 0 Å². The molecule has 0 radical (unpaired) electrons. The smallest absolute Gasteiger partial charge is 0.295 e. The maximum absolute atomic E-state index is 12.9. The molecule has 1 aliphatic rings. The summed E-state index contributed by atoms with van der Waals surface area (Å²) in [6.45, 7) is 6.90. The van der Waals surface area contributed by atoms with Gasteiger partial charge in [0.05, 0.1) is 23.2 Å². The lowest BCUT2D eigenvalue weighted by atomic mass is 9.95. The second-order valence-corrected chi connectivity index (χ2v) is 8.34. The summed E-state index contributed by atoms with van der Waals surface area (Å²) in [6, 6.07) is 10.4. The number of phenols is 1. The number of ketones is 1. The van der Waals surface area contributed by atoms with Gasteiger partial charge in [-0.3, -0.25) is 9.59 Å². The van der Waals surface area contributed by atoms with Crippen LogP contribution in [-0.2, 0) is 9.59 Å². The Hall–Kier alpha value is -2.99. The lowest BCUT2D eigenvalue weighted by molar-refractivity contribution is -0.139. The van der Waals surface area contributed by atoms with Crippen molar-refractivity contribution in [3.05, 3.63) is 64.2 Å². The van der Waals surface area contributed by atoms with Gasteiger partial charge in [-0.2, -0.15) is 0 Å². The van der Waals surface area contributed by atoms with Crippen LogP contribution in [0, 0.1) is 5.92 Å². The van der Waals surface area contributed by atoms with Gasteiger partial charge in [0.25, 0.3) is 11.7 Å². The van der Waals surface area contributed by atoms with Crippen molar-refractivity contribution in [2.75, 3.05) is 13.2 Å². The number of rotatable bonds is 7. The van der Waals surface area contributed by atoms with Gasteiger partial charge in [0.2, 0.25) is 0 Å². The van der Waals surface area contributed by atoms with E-state index in [1.807, 2.05) is 20.8 Å². The van der Waals surface area contributed by atoms with E-state index < -0.39 is 17.7 Å². The Balaban J connectivity index is 2.05. The van der Waals surface area contributed by atoms with E-state index in [4.69, 9.17) is 16.3 Å². The number of aliphatic hydroxyl groups is 1. The topological polar surface area (TPSA) is 87.1 Å². The molecule has 1 unspecified atom stereocenters. The number of amides is 1. The Morgan fingerprint density at radius 3 is 2.42 bits per heavy atom. The zero-order valence-corrected chi connectivity index (χ0v) is 18.5.